The van der Waals surface area contributed by atoms with Crippen LogP contribution in [0.25, 0.3) is 0 Å². The fourth-order valence-corrected chi connectivity index (χ4v) is 5.17. The van der Waals surface area contributed by atoms with Crippen LogP contribution in [0.3, 0.4) is 0 Å². The summed E-state index contributed by atoms with van der Waals surface area (Å²) in [4.78, 5) is 27.4. The lowest BCUT2D eigenvalue weighted by Crippen LogP contribution is -2.43. The number of nitrogens with one attached hydrogen (secondary N) is 1. The van der Waals surface area contributed by atoms with Gasteiger partial charge in [0.1, 0.15) is 6.61 Å². The van der Waals surface area contributed by atoms with Gasteiger partial charge in [0.15, 0.2) is 11.5 Å². The Morgan fingerprint density at radius 2 is 1.66 bits per heavy atom. The zero-order chi connectivity index (χ0) is 24.5. The number of carbonyl (C=O) groups is 2. The number of benzene rings is 2. The van der Waals surface area contributed by atoms with E-state index < -0.39 is 0 Å². The average Bonchev–Trinajstić information content (AvgIpc) is 2.92. The molecule has 1 saturated heterocycles. The lowest BCUT2D eigenvalue weighted by atomic mass is 9.86. The average molecular weight is 479 g/mol. The Morgan fingerprint density at radius 1 is 0.914 bits per heavy atom. The zero-order valence-electron chi connectivity index (χ0n) is 20.8. The molecular weight excluding hydrogens is 440 g/mol. The standard InChI is InChI=1S/C29H38N2O4/c1-34-27-18-24(12-13-26(27)35-21-23-10-6-3-7-11-23)20-30-29(33)25-14-16-31(17-15-25)28(32)19-22-8-4-2-5-9-22/h3,6-7,10-13,18,22,25H,2,4-5,8-9,14-17,19-21H2,1H3,(H,30,33). The maximum atomic E-state index is 12.8. The first kappa shape index (κ1) is 25.1. The van der Waals surface area contributed by atoms with Crippen molar-refractivity contribution in [2.45, 2.75) is 64.5 Å². The quantitative estimate of drug-likeness (QED) is 0.545. The van der Waals surface area contributed by atoms with E-state index in [-0.39, 0.29) is 17.7 Å². The number of hydrogen-bond donors (Lipinski definition) is 1. The molecule has 0 atom stereocenters. The molecule has 2 aliphatic rings. The van der Waals surface area contributed by atoms with Crippen molar-refractivity contribution >= 4 is 11.8 Å². The van der Waals surface area contributed by atoms with Crippen LogP contribution in [-0.2, 0) is 22.7 Å². The first-order valence-corrected chi connectivity index (χ1v) is 13.0. The molecule has 0 spiro atoms. The van der Waals surface area contributed by atoms with Crippen molar-refractivity contribution in [3.05, 3.63) is 59.7 Å². The van der Waals surface area contributed by atoms with Gasteiger partial charge in [-0.2, -0.15) is 0 Å². The second-order valence-corrected chi connectivity index (χ2v) is 9.84. The molecule has 35 heavy (non-hydrogen) atoms. The molecule has 1 aliphatic carbocycles. The summed E-state index contributed by atoms with van der Waals surface area (Å²) in [5, 5.41) is 3.07. The molecule has 0 bridgehead atoms. The van der Waals surface area contributed by atoms with Crippen molar-refractivity contribution in [1.29, 1.82) is 0 Å². The minimum Gasteiger partial charge on any atom is -0.493 e. The highest BCUT2D eigenvalue weighted by atomic mass is 16.5. The highest BCUT2D eigenvalue weighted by molar-refractivity contribution is 5.80. The van der Waals surface area contributed by atoms with Crippen molar-refractivity contribution < 1.29 is 19.1 Å². The number of nitrogens with zero attached hydrogens (tertiary/aromatic N) is 1. The minimum absolute atomic E-state index is 0.0379. The van der Waals surface area contributed by atoms with Crippen LogP contribution in [0.1, 0.15) is 62.5 Å². The van der Waals surface area contributed by atoms with Crippen molar-refractivity contribution in [3.8, 4) is 11.5 Å². The summed E-state index contributed by atoms with van der Waals surface area (Å²) < 4.78 is 11.4. The molecular formula is C29H38N2O4. The molecule has 1 heterocycles. The molecule has 6 heteroatoms. The fraction of sp³-hybridized carbons (Fsp3) is 0.517. The number of piperidine rings is 1. The van der Waals surface area contributed by atoms with E-state index >= 15 is 0 Å². The van der Waals surface area contributed by atoms with Crippen molar-refractivity contribution in [3.63, 3.8) is 0 Å². The molecule has 1 aliphatic heterocycles. The first-order valence-electron chi connectivity index (χ1n) is 13.0. The SMILES string of the molecule is COc1cc(CNC(=O)C2CCN(C(=O)CC3CCCCC3)CC2)ccc1OCc1ccccc1. The van der Waals surface area contributed by atoms with E-state index in [9.17, 15) is 9.59 Å². The summed E-state index contributed by atoms with van der Waals surface area (Å²) in [7, 11) is 1.62. The summed E-state index contributed by atoms with van der Waals surface area (Å²) in [6, 6.07) is 15.7. The molecule has 0 radical (unpaired) electrons. The van der Waals surface area contributed by atoms with Gasteiger partial charge in [0.2, 0.25) is 11.8 Å². The van der Waals surface area contributed by atoms with Gasteiger partial charge >= 0.3 is 0 Å². The maximum absolute atomic E-state index is 12.8. The Labute approximate surface area is 209 Å². The number of amides is 2. The molecule has 1 N–H and O–H groups in total. The van der Waals surface area contributed by atoms with Crippen molar-refractivity contribution in [2.75, 3.05) is 20.2 Å². The molecule has 2 aromatic carbocycles. The molecule has 4 rings (SSSR count). The Kier molecular flexibility index (Phi) is 9.04. The van der Waals surface area contributed by atoms with Crippen molar-refractivity contribution in [2.24, 2.45) is 11.8 Å². The molecule has 6 nitrogen and oxygen atoms in total. The van der Waals surface area contributed by atoms with Crippen LogP contribution in [-0.4, -0.2) is 36.9 Å². The van der Waals surface area contributed by atoms with Gasteiger partial charge in [0.05, 0.1) is 7.11 Å². The molecule has 2 fully saturated rings. The number of rotatable bonds is 9. The zero-order valence-corrected chi connectivity index (χ0v) is 20.8. The van der Waals surface area contributed by atoms with Crippen LogP contribution in [0.4, 0.5) is 0 Å². The van der Waals surface area contributed by atoms with Gasteiger partial charge in [-0.15, -0.1) is 0 Å². The van der Waals surface area contributed by atoms with E-state index in [0.29, 0.717) is 50.1 Å². The largest absolute Gasteiger partial charge is 0.493 e. The lowest BCUT2D eigenvalue weighted by molar-refractivity contribution is -0.136. The Bertz CT molecular complexity index is 964. The third-order valence-electron chi connectivity index (χ3n) is 7.34. The van der Waals surface area contributed by atoms with E-state index in [4.69, 9.17) is 9.47 Å². The molecule has 0 aromatic heterocycles. The summed E-state index contributed by atoms with van der Waals surface area (Å²) >= 11 is 0. The Balaban J connectivity index is 1.21. The van der Waals surface area contributed by atoms with Gasteiger partial charge in [-0.1, -0.05) is 55.7 Å². The number of ether oxygens (including phenoxy) is 2. The van der Waals surface area contributed by atoms with Gasteiger partial charge in [-0.3, -0.25) is 9.59 Å². The Morgan fingerprint density at radius 3 is 2.37 bits per heavy atom. The summed E-state index contributed by atoms with van der Waals surface area (Å²) in [5.41, 5.74) is 2.05. The van der Waals surface area contributed by atoms with E-state index in [1.54, 1.807) is 7.11 Å². The highest BCUT2D eigenvalue weighted by Crippen LogP contribution is 2.30. The van der Waals surface area contributed by atoms with Crippen LogP contribution in [0, 0.1) is 11.8 Å². The van der Waals surface area contributed by atoms with Crippen LogP contribution >= 0.6 is 0 Å². The minimum atomic E-state index is -0.0379. The molecule has 1 saturated carbocycles. The lowest BCUT2D eigenvalue weighted by Gasteiger charge is -2.33. The van der Waals surface area contributed by atoms with Crippen LogP contribution in [0.2, 0.25) is 0 Å². The number of carbonyl (C=O) groups excluding carboxylic acids is 2. The van der Waals surface area contributed by atoms with Gasteiger partial charge in [0.25, 0.3) is 0 Å². The summed E-state index contributed by atoms with van der Waals surface area (Å²) in [6.45, 7) is 2.28. The molecule has 2 aromatic rings. The van der Waals surface area contributed by atoms with Gasteiger partial charge in [-0.25, -0.2) is 0 Å². The summed E-state index contributed by atoms with van der Waals surface area (Å²) in [5.74, 6) is 2.19. The number of methoxy groups -OCH3 is 1. The number of hydrogen-bond acceptors (Lipinski definition) is 4. The van der Waals surface area contributed by atoms with E-state index in [1.165, 1.54) is 32.1 Å². The molecule has 188 valence electrons. The second kappa shape index (κ2) is 12.6. The molecule has 0 unspecified atom stereocenters. The molecule has 2 amide bonds. The second-order valence-electron chi connectivity index (χ2n) is 9.84. The van der Waals surface area contributed by atoms with Crippen LogP contribution in [0.5, 0.6) is 11.5 Å². The predicted molar refractivity (Wildman–Crippen MR) is 136 cm³/mol. The van der Waals surface area contributed by atoms with Gasteiger partial charge in [0, 0.05) is 32.0 Å². The van der Waals surface area contributed by atoms with Gasteiger partial charge in [-0.05, 0) is 54.9 Å². The normalized spacial score (nSPS) is 17.1. The smallest absolute Gasteiger partial charge is 0.223 e. The first-order chi connectivity index (χ1) is 17.1. The van der Waals surface area contributed by atoms with E-state index in [1.807, 2.05) is 53.4 Å². The van der Waals surface area contributed by atoms with E-state index in [2.05, 4.69) is 5.32 Å². The fourth-order valence-electron chi connectivity index (χ4n) is 5.17. The van der Waals surface area contributed by atoms with Crippen molar-refractivity contribution in [1.82, 2.24) is 10.2 Å². The third-order valence-corrected chi connectivity index (χ3v) is 7.34. The van der Waals surface area contributed by atoms with Gasteiger partial charge < -0.3 is 19.7 Å². The monoisotopic (exact) mass is 478 g/mol. The third kappa shape index (κ3) is 7.23. The summed E-state index contributed by atoms with van der Waals surface area (Å²) in [6.07, 6.45) is 8.36. The van der Waals surface area contributed by atoms with Crippen LogP contribution < -0.4 is 14.8 Å². The van der Waals surface area contributed by atoms with E-state index in [0.717, 1.165) is 24.0 Å². The Hall–Kier alpha value is -3.02. The predicted octanol–water partition coefficient (Wildman–Crippen LogP) is 5.10. The number of likely N-dealkylation sites (tertiary alicyclic amines) is 1. The highest BCUT2D eigenvalue weighted by Gasteiger charge is 2.28. The topological polar surface area (TPSA) is 67.9 Å². The maximum Gasteiger partial charge on any atom is 0.223 e. The van der Waals surface area contributed by atoms with Crippen LogP contribution in [0.15, 0.2) is 48.5 Å².